The number of aromatic hydroxyl groups is 1. The molecule has 9 heterocycles. The molecule has 5 aliphatic heterocycles. The van der Waals surface area contributed by atoms with Crippen molar-refractivity contribution in [3.63, 3.8) is 0 Å². The minimum absolute atomic E-state index is 0.0498. The molecule has 4 aromatic heterocycles. The summed E-state index contributed by atoms with van der Waals surface area (Å²) in [4.78, 5) is 59.4. The Balaban J connectivity index is 0.630. The standard InChI is InChI=1S/C62H75FN12O5S/c1-6-41-9-7-10-44-29-47(76)30-48(54(41)44)56-55(63)57-49(32-64-56)59(74-34-45-16-17-46(35-74)67-45)69-62(68-57)79-28-27-71-21-18-40(19-22-71)33-72-23-25-73(26-24-72)52-31-51(80-70-52)53(37(2)3)61(78)75-20-8-11-50(75)60(77)66-38(4)42-12-14-43(15-13-42)58-39(5)65-36-81-58/h7,9-10,12-15,29-32,36-38,40,45-46,50,53,67,76H,6,8,11,16-28,33-35H2,1-5H3,(H,66,77)/t38-,45?,46?,50-,53-/m0/s1. The van der Waals surface area contributed by atoms with Crippen LogP contribution in [0, 0.1) is 24.6 Å². The molecule has 426 valence electrons. The van der Waals surface area contributed by atoms with Crippen LogP contribution >= 0.6 is 11.3 Å². The zero-order valence-corrected chi connectivity index (χ0v) is 48.1. The van der Waals surface area contributed by atoms with Gasteiger partial charge in [0.15, 0.2) is 17.4 Å². The van der Waals surface area contributed by atoms with Gasteiger partial charge in [0, 0.05) is 88.8 Å². The van der Waals surface area contributed by atoms with Crippen LogP contribution in [0.1, 0.15) is 101 Å². The summed E-state index contributed by atoms with van der Waals surface area (Å²) in [5.41, 5.74) is 6.86. The second kappa shape index (κ2) is 23.6. The van der Waals surface area contributed by atoms with Gasteiger partial charge in [-0.25, -0.2) is 9.37 Å². The molecule has 2 amide bonds. The lowest BCUT2D eigenvalue weighted by molar-refractivity contribution is -0.141. The maximum atomic E-state index is 17.1. The van der Waals surface area contributed by atoms with Crippen LogP contribution in [0.5, 0.6) is 11.8 Å². The van der Waals surface area contributed by atoms with E-state index in [-0.39, 0.29) is 46.7 Å². The molecule has 17 nitrogen and oxygen atoms in total. The molecule has 3 aromatic carbocycles. The zero-order valence-electron chi connectivity index (χ0n) is 47.2. The van der Waals surface area contributed by atoms with Crippen LogP contribution in [0.4, 0.5) is 16.0 Å². The van der Waals surface area contributed by atoms with E-state index >= 15 is 4.39 Å². The quantitative estimate of drug-likeness (QED) is 0.0785. The van der Waals surface area contributed by atoms with Gasteiger partial charge >= 0.3 is 6.01 Å². The second-order valence-electron chi connectivity index (χ2n) is 23.5. The number of hydrogen-bond acceptors (Lipinski definition) is 16. The van der Waals surface area contributed by atoms with E-state index in [9.17, 15) is 14.7 Å². The lowest BCUT2D eigenvalue weighted by Crippen LogP contribution is -2.51. The summed E-state index contributed by atoms with van der Waals surface area (Å²) in [7, 11) is 0. The summed E-state index contributed by atoms with van der Waals surface area (Å²) in [6, 6.07) is 19.5. The van der Waals surface area contributed by atoms with Crippen molar-refractivity contribution in [2.45, 2.75) is 110 Å². The number of piperidine rings is 1. The molecule has 5 atom stereocenters. The number of carbonyl (C=O) groups excluding carboxylic acids is 2. The van der Waals surface area contributed by atoms with Crippen molar-refractivity contribution in [3.05, 3.63) is 101 Å². The number of aromatic nitrogens is 5. The Hall–Kier alpha value is -6.80. The van der Waals surface area contributed by atoms with Crippen molar-refractivity contribution in [2.75, 3.05) is 88.4 Å². The van der Waals surface area contributed by atoms with Crippen LogP contribution < -0.4 is 25.2 Å². The highest BCUT2D eigenvalue weighted by molar-refractivity contribution is 7.13. The average molecular weight is 1120 g/mol. The first-order valence-electron chi connectivity index (χ1n) is 29.4. The van der Waals surface area contributed by atoms with E-state index in [1.807, 2.05) is 57.5 Å². The van der Waals surface area contributed by atoms with Gasteiger partial charge in [-0.2, -0.15) is 9.97 Å². The number of thiazole rings is 1. The van der Waals surface area contributed by atoms with E-state index in [1.54, 1.807) is 34.6 Å². The van der Waals surface area contributed by atoms with Crippen LogP contribution in [0.2, 0.25) is 0 Å². The molecule has 12 rings (SSSR count). The third-order valence-corrected chi connectivity index (χ3v) is 18.8. The number of halogens is 1. The number of benzene rings is 3. The number of likely N-dealkylation sites (tertiary alicyclic amines) is 2. The van der Waals surface area contributed by atoms with Crippen LogP contribution in [0.3, 0.4) is 0 Å². The highest BCUT2D eigenvalue weighted by atomic mass is 32.1. The lowest BCUT2D eigenvalue weighted by atomic mass is 9.91. The van der Waals surface area contributed by atoms with Crippen molar-refractivity contribution < 1.29 is 28.3 Å². The molecule has 3 N–H and O–H groups in total. The van der Waals surface area contributed by atoms with Gasteiger partial charge in [0.2, 0.25) is 11.8 Å². The lowest BCUT2D eigenvalue weighted by Gasteiger charge is -2.38. The first kappa shape index (κ1) is 54.8. The smallest absolute Gasteiger partial charge is 0.319 e. The Labute approximate surface area is 477 Å². The molecule has 2 bridgehead atoms. The fraction of sp³-hybridized carbons (Fsp3) is 0.500. The number of rotatable bonds is 17. The topological polar surface area (TPSA) is 181 Å². The molecular formula is C62H75FN12O5S. The summed E-state index contributed by atoms with van der Waals surface area (Å²) < 4.78 is 29.5. The van der Waals surface area contributed by atoms with Gasteiger partial charge in [0.1, 0.15) is 41.3 Å². The highest BCUT2D eigenvalue weighted by Crippen LogP contribution is 2.40. The fourth-order valence-corrected chi connectivity index (χ4v) is 14.1. The van der Waals surface area contributed by atoms with Gasteiger partial charge in [-0.15, -0.1) is 11.3 Å². The molecule has 2 unspecified atom stereocenters. The van der Waals surface area contributed by atoms with Crippen LogP contribution in [0.15, 0.2) is 76.9 Å². The molecule has 0 radical (unpaired) electrons. The van der Waals surface area contributed by atoms with Crippen LogP contribution in [0.25, 0.3) is 43.4 Å². The number of anilines is 2. The summed E-state index contributed by atoms with van der Waals surface area (Å²) in [5.74, 6) is 1.17. The van der Waals surface area contributed by atoms with Gasteiger partial charge in [-0.1, -0.05) is 68.4 Å². The van der Waals surface area contributed by atoms with E-state index in [1.165, 1.54) is 0 Å². The molecule has 0 spiro atoms. The van der Waals surface area contributed by atoms with E-state index in [0.717, 1.165) is 141 Å². The van der Waals surface area contributed by atoms with E-state index in [2.05, 4.69) is 71.6 Å². The van der Waals surface area contributed by atoms with Crippen molar-refractivity contribution >= 4 is 56.5 Å². The number of phenols is 1. The first-order chi connectivity index (χ1) is 39.3. The zero-order chi connectivity index (χ0) is 55.9. The van der Waals surface area contributed by atoms with Crippen molar-refractivity contribution in [1.29, 1.82) is 0 Å². The number of nitrogens with zero attached hydrogens (tertiary/aromatic N) is 10. The Morgan fingerprint density at radius 2 is 1.68 bits per heavy atom. The third-order valence-electron chi connectivity index (χ3n) is 17.8. The van der Waals surface area contributed by atoms with E-state index in [4.69, 9.17) is 24.2 Å². The van der Waals surface area contributed by atoms with Crippen molar-refractivity contribution in [2.24, 2.45) is 11.8 Å². The van der Waals surface area contributed by atoms with Crippen LogP contribution in [-0.4, -0.2) is 153 Å². The highest BCUT2D eigenvalue weighted by Gasteiger charge is 2.41. The molecule has 19 heteroatoms. The number of aryl methyl sites for hydroxylation is 2. The molecule has 5 aliphatic rings. The predicted molar refractivity (Wildman–Crippen MR) is 314 cm³/mol. The summed E-state index contributed by atoms with van der Waals surface area (Å²) >= 11 is 1.62. The Kier molecular flexibility index (Phi) is 15.9. The maximum Gasteiger partial charge on any atom is 0.319 e. The number of phenolic OH excluding ortho intramolecular Hbond substituents is 1. The van der Waals surface area contributed by atoms with Gasteiger partial charge < -0.3 is 39.7 Å². The van der Waals surface area contributed by atoms with E-state index in [0.29, 0.717) is 66.6 Å². The summed E-state index contributed by atoms with van der Waals surface area (Å²) in [6.07, 6.45) is 8.18. The molecule has 0 aliphatic carbocycles. The predicted octanol–water partition coefficient (Wildman–Crippen LogP) is 9.13. The van der Waals surface area contributed by atoms with Crippen molar-refractivity contribution in [1.82, 2.24) is 50.4 Å². The molecule has 5 fully saturated rings. The minimum atomic E-state index is -0.556. The number of piperazine rings is 2. The second-order valence-corrected chi connectivity index (χ2v) is 24.3. The van der Waals surface area contributed by atoms with Gasteiger partial charge in [0.25, 0.3) is 0 Å². The number of ether oxygens (including phenoxy) is 1. The molecule has 0 saturated carbocycles. The summed E-state index contributed by atoms with van der Waals surface area (Å²) in [6.45, 7) is 19.7. The minimum Gasteiger partial charge on any atom is -0.508 e. The molecule has 7 aromatic rings. The fourth-order valence-electron chi connectivity index (χ4n) is 13.3. The maximum absolute atomic E-state index is 17.1. The Morgan fingerprint density at radius 1 is 0.901 bits per heavy atom. The van der Waals surface area contributed by atoms with Gasteiger partial charge in [0.05, 0.1) is 27.5 Å². The Bertz CT molecular complexity index is 3380. The average Bonchev–Trinajstić information content (AvgIpc) is 4.36. The van der Waals surface area contributed by atoms with E-state index < -0.39 is 17.8 Å². The van der Waals surface area contributed by atoms with Gasteiger partial charge in [-0.05, 0) is 123 Å². The normalized spacial score (nSPS) is 20.9. The molecule has 5 saturated heterocycles. The Morgan fingerprint density at radius 3 is 2.41 bits per heavy atom. The number of nitrogens with one attached hydrogen (secondary N) is 2. The van der Waals surface area contributed by atoms with Crippen LogP contribution in [-0.2, 0) is 16.0 Å². The summed E-state index contributed by atoms with van der Waals surface area (Å²) in [5, 5.41) is 24.4. The monoisotopic (exact) mass is 1120 g/mol. The third kappa shape index (κ3) is 11.4. The number of hydrogen-bond donors (Lipinski definition) is 3. The van der Waals surface area contributed by atoms with Crippen molar-refractivity contribution in [3.8, 4) is 33.5 Å². The van der Waals surface area contributed by atoms with Gasteiger partial charge in [-0.3, -0.25) is 24.4 Å². The number of pyridine rings is 1. The SMILES string of the molecule is CCc1cccc2cc(O)cc(-c3ncc4c(N5CC6CCC(C5)N6)nc(OCCN5CCC(CN6CCN(c7cc([C@@H](C(=O)N8CCC[C@H]8C(=O)N[C@@H](C)c8ccc(-c9scnc9C)cc8)C(C)C)on7)CC6)CC5)nc4c3F)c12. The molecule has 81 heavy (non-hydrogen) atoms. The largest absolute Gasteiger partial charge is 0.508 e. The molecular weight excluding hydrogens is 1040 g/mol. The first-order valence-corrected chi connectivity index (χ1v) is 30.3. The number of amides is 2. The number of fused-ring (bicyclic) bond motifs is 4. The number of carbonyl (C=O) groups is 2.